The van der Waals surface area contributed by atoms with E-state index in [4.69, 9.17) is 9.97 Å². The van der Waals surface area contributed by atoms with E-state index in [9.17, 15) is 0 Å². The first kappa shape index (κ1) is 30.3. The number of hydrogen-bond donors (Lipinski definition) is 0. The minimum absolute atomic E-state index is 0.898. The third-order valence-electron chi connectivity index (χ3n) is 10.8. The summed E-state index contributed by atoms with van der Waals surface area (Å²) >= 11 is 0. The van der Waals surface area contributed by atoms with E-state index in [1.54, 1.807) is 0 Å². The highest BCUT2D eigenvalue weighted by atomic mass is 14.8. The predicted octanol–water partition coefficient (Wildman–Crippen LogP) is 12.8. The van der Waals surface area contributed by atoms with Gasteiger partial charge in [-0.25, -0.2) is 9.97 Å². The van der Waals surface area contributed by atoms with E-state index < -0.39 is 0 Å². The van der Waals surface area contributed by atoms with Crippen LogP contribution in [0.4, 0.5) is 0 Å². The summed E-state index contributed by atoms with van der Waals surface area (Å²) < 4.78 is 0. The predicted molar refractivity (Wildman–Crippen MR) is 224 cm³/mol. The van der Waals surface area contributed by atoms with Crippen LogP contribution in [0, 0.1) is 0 Å². The van der Waals surface area contributed by atoms with Gasteiger partial charge in [-0.1, -0.05) is 115 Å². The zero-order valence-electron chi connectivity index (χ0n) is 29.1. The van der Waals surface area contributed by atoms with Crippen molar-refractivity contribution in [2.45, 2.75) is 0 Å². The fourth-order valence-electron chi connectivity index (χ4n) is 8.16. The van der Waals surface area contributed by atoms with Crippen molar-refractivity contribution in [3.8, 4) is 55.9 Å². The van der Waals surface area contributed by atoms with Crippen LogP contribution in [0.25, 0.3) is 110 Å². The average Bonchev–Trinajstić information content (AvgIpc) is 3.25. The zero-order chi connectivity index (χ0) is 35.6. The molecule has 0 spiro atoms. The lowest BCUT2D eigenvalue weighted by molar-refractivity contribution is 1.33. The molecule has 4 nitrogen and oxygen atoms in total. The third-order valence-corrected chi connectivity index (χ3v) is 10.8. The highest BCUT2D eigenvalue weighted by Crippen LogP contribution is 2.43. The maximum atomic E-state index is 5.30. The Balaban J connectivity index is 1.02. The second-order valence-electron chi connectivity index (χ2n) is 13.9. The Morgan fingerprint density at radius 3 is 1.43 bits per heavy atom. The van der Waals surface area contributed by atoms with Gasteiger partial charge >= 0.3 is 0 Å². The van der Waals surface area contributed by atoms with Crippen molar-refractivity contribution in [2.75, 3.05) is 0 Å². The van der Waals surface area contributed by atoms with Crippen LogP contribution in [0.15, 0.2) is 183 Å². The Labute approximate surface area is 311 Å². The summed E-state index contributed by atoms with van der Waals surface area (Å²) in [5, 5.41) is 9.69. The number of aromatic nitrogens is 4. The molecule has 54 heavy (non-hydrogen) atoms. The van der Waals surface area contributed by atoms with Crippen molar-refractivity contribution in [1.82, 2.24) is 19.9 Å². The Kier molecular flexibility index (Phi) is 6.82. The van der Waals surface area contributed by atoms with Gasteiger partial charge in [-0.2, -0.15) is 0 Å². The smallest absolute Gasteiger partial charge is 0.0972 e. The molecule has 0 saturated carbocycles. The van der Waals surface area contributed by atoms with Crippen LogP contribution in [0.1, 0.15) is 0 Å². The van der Waals surface area contributed by atoms with Gasteiger partial charge in [0.1, 0.15) is 0 Å². The van der Waals surface area contributed by atoms with Gasteiger partial charge in [0.2, 0.25) is 0 Å². The van der Waals surface area contributed by atoms with Crippen molar-refractivity contribution < 1.29 is 0 Å². The lowest BCUT2D eigenvalue weighted by Crippen LogP contribution is -1.92. The second-order valence-corrected chi connectivity index (χ2v) is 13.9. The van der Waals surface area contributed by atoms with Crippen molar-refractivity contribution in [1.29, 1.82) is 0 Å². The van der Waals surface area contributed by atoms with Gasteiger partial charge in [-0.15, -0.1) is 0 Å². The lowest BCUT2D eigenvalue weighted by Gasteiger charge is -2.16. The summed E-state index contributed by atoms with van der Waals surface area (Å²) in [6.45, 7) is 0. The van der Waals surface area contributed by atoms with E-state index in [0.29, 0.717) is 0 Å². The van der Waals surface area contributed by atoms with Gasteiger partial charge in [0, 0.05) is 52.3 Å². The SMILES string of the molecule is c1cc(-c2ccncc2)cc(-c2ccc3ccc4ccc(-c5cccc(-c6ccc7ccc8c(-c9cccnc9)ccc9ccc6c7c98)c5)nc4c3n2)c1. The maximum absolute atomic E-state index is 5.30. The largest absolute Gasteiger partial charge is 0.265 e. The Bertz CT molecular complexity index is 3210. The summed E-state index contributed by atoms with van der Waals surface area (Å²) in [5.74, 6) is 0. The van der Waals surface area contributed by atoms with Gasteiger partial charge in [-0.3, -0.25) is 9.97 Å². The molecule has 11 aromatic rings. The van der Waals surface area contributed by atoms with Gasteiger partial charge in [0.15, 0.2) is 0 Å². The van der Waals surface area contributed by atoms with Crippen LogP contribution >= 0.6 is 0 Å². The lowest BCUT2D eigenvalue weighted by atomic mass is 9.87. The maximum Gasteiger partial charge on any atom is 0.0972 e. The molecule has 0 amide bonds. The number of nitrogens with zero attached hydrogens (tertiary/aromatic N) is 4. The molecular weight excluding hydrogens is 657 g/mol. The van der Waals surface area contributed by atoms with E-state index in [2.05, 4.69) is 149 Å². The van der Waals surface area contributed by atoms with Crippen LogP contribution in [-0.4, -0.2) is 19.9 Å². The molecule has 250 valence electrons. The Morgan fingerprint density at radius 2 is 0.815 bits per heavy atom. The van der Waals surface area contributed by atoms with Crippen molar-refractivity contribution in [3.05, 3.63) is 183 Å². The second kappa shape index (κ2) is 12.1. The number of fused-ring (bicyclic) bond motifs is 3. The molecular formula is C50H30N4. The Morgan fingerprint density at radius 1 is 0.315 bits per heavy atom. The normalized spacial score (nSPS) is 11.7. The summed E-state index contributed by atoms with van der Waals surface area (Å²) in [6, 6.07) is 56.4. The van der Waals surface area contributed by atoms with E-state index >= 15 is 0 Å². The monoisotopic (exact) mass is 686 g/mol. The highest BCUT2D eigenvalue weighted by molar-refractivity contribution is 6.27. The molecule has 0 saturated heterocycles. The fourth-order valence-corrected chi connectivity index (χ4v) is 8.16. The van der Waals surface area contributed by atoms with E-state index in [0.717, 1.165) is 66.6 Å². The van der Waals surface area contributed by atoms with Crippen LogP contribution in [0.2, 0.25) is 0 Å². The van der Waals surface area contributed by atoms with E-state index in [-0.39, 0.29) is 0 Å². The van der Waals surface area contributed by atoms with Gasteiger partial charge in [0.25, 0.3) is 0 Å². The van der Waals surface area contributed by atoms with E-state index in [1.807, 2.05) is 43.0 Å². The van der Waals surface area contributed by atoms with Crippen LogP contribution in [0.3, 0.4) is 0 Å². The van der Waals surface area contributed by atoms with Gasteiger partial charge < -0.3 is 0 Å². The van der Waals surface area contributed by atoms with Crippen molar-refractivity contribution in [3.63, 3.8) is 0 Å². The fraction of sp³-hybridized carbons (Fsp3) is 0. The third kappa shape index (κ3) is 4.92. The standard InChI is InChI=1S/C50H30N4/c1-4-36(31-23-26-51-27-24-31)28-38(6-1)45-21-15-34-9-10-35-16-22-46(54-50(35)49(34)53-45)39-7-2-5-37(29-39)41-17-11-32-14-20-44-42(40-8-3-25-52-30-40)18-12-33-13-19-43(41)47(32)48(33)44/h1-30H. The molecule has 4 aromatic heterocycles. The summed E-state index contributed by atoms with van der Waals surface area (Å²) in [7, 11) is 0. The molecule has 11 rings (SSSR count). The average molecular weight is 687 g/mol. The van der Waals surface area contributed by atoms with Crippen LogP contribution in [0.5, 0.6) is 0 Å². The van der Waals surface area contributed by atoms with Crippen molar-refractivity contribution in [2.24, 2.45) is 0 Å². The van der Waals surface area contributed by atoms with E-state index in [1.165, 1.54) is 43.4 Å². The molecule has 0 unspecified atom stereocenters. The molecule has 0 N–H and O–H groups in total. The summed E-state index contributed by atoms with van der Waals surface area (Å²) in [4.78, 5) is 19.1. The number of benzene rings is 7. The molecule has 0 radical (unpaired) electrons. The summed E-state index contributed by atoms with van der Waals surface area (Å²) in [5.41, 5.74) is 12.7. The van der Waals surface area contributed by atoms with Gasteiger partial charge in [-0.05, 0) is 103 Å². The quantitative estimate of drug-likeness (QED) is 0.169. The number of pyridine rings is 4. The zero-order valence-corrected chi connectivity index (χ0v) is 29.1. The highest BCUT2D eigenvalue weighted by Gasteiger charge is 2.16. The molecule has 0 bridgehead atoms. The number of hydrogen-bond acceptors (Lipinski definition) is 4. The van der Waals surface area contributed by atoms with Crippen LogP contribution < -0.4 is 0 Å². The minimum Gasteiger partial charge on any atom is -0.265 e. The Hall–Kier alpha value is -7.30. The van der Waals surface area contributed by atoms with Crippen molar-refractivity contribution >= 4 is 54.1 Å². The van der Waals surface area contributed by atoms with Gasteiger partial charge in [0.05, 0.1) is 22.4 Å². The molecule has 0 atom stereocenters. The first-order chi connectivity index (χ1) is 26.7. The molecule has 4 heteroatoms. The topological polar surface area (TPSA) is 51.6 Å². The molecule has 0 aliphatic carbocycles. The minimum atomic E-state index is 0.898. The first-order valence-corrected chi connectivity index (χ1v) is 18.2. The molecule has 4 heterocycles. The summed E-state index contributed by atoms with van der Waals surface area (Å²) in [6.07, 6.45) is 7.43. The molecule has 0 aliphatic rings. The van der Waals surface area contributed by atoms with Crippen LogP contribution in [-0.2, 0) is 0 Å². The molecule has 7 aromatic carbocycles. The first-order valence-electron chi connectivity index (χ1n) is 18.2. The molecule has 0 aliphatic heterocycles. The molecule has 0 fully saturated rings. The number of rotatable bonds is 5.